The van der Waals surface area contributed by atoms with Crippen molar-refractivity contribution in [2.24, 2.45) is 0 Å². The van der Waals surface area contributed by atoms with E-state index in [2.05, 4.69) is 21.0 Å². The number of hydrazine groups is 1. The standard InChI is InChI=1S/C20H20N4O3S/c1-14-7-9-16(10-8-14)28-13-18(26)23-22-17(25)11-12-19-21-20(24-27-19)15-5-3-2-4-6-15/h2-10H,11-13H2,1H3,(H,22,25)(H,23,26). The molecule has 1 heterocycles. The Bertz CT molecular complexity index is 926. The Morgan fingerprint density at radius 3 is 2.46 bits per heavy atom. The highest BCUT2D eigenvalue weighted by molar-refractivity contribution is 8.00. The number of nitrogens with one attached hydrogen (secondary N) is 2. The van der Waals surface area contributed by atoms with Crippen molar-refractivity contribution in [1.82, 2.24) is 21.0 Å². The van der Waals surface area contributed by atoms with Gasteiger partial charge in [0, 0.05) is 23.3 Å². The van der Waals surface area contributed by atoms with Crippen LogP contribution in [0.5, 0.6) is 0 Å². The molecule has 2 aromatic carbocycles. The minimum Gasteiger partial charge on any atom is -0.339 e. The Kier molecular flexibility index (Phi) is 6.80. The van der Waals surface area contributed by atoms with Crippen molar-refractivity contribution < 1.29 is 14.1 Å². The number of thioether (sulfide) groups is 1. The van der Waals surface area contributed by atoms with Gasteiger partial charge < -0.3 is 4.52 Å². The largest absolute Gasteiger partial charge is 0.339 e. The number of carbonyl (C=O) groups is 2. The summed E-state index contributed by atoms with van der Waals surface area (Å²) in [6, 6.07) is 17.3. The fourth-order valence-electron chi connectivity index (χ4n) is 2.30. The van der Waals surface area contributed by atoms with Gasteiger partial charge in [-0.15, -0.1) is 11.8 Å². The summed E-state index contributed by atoms with van der Waals surface area (Å²) in [5.41, 5.74) is 6.81. The molecule has 0 atom stereocenters. The Morgan fingerprint density at radius 1 is 1.00 bits per heavy atom. The van der Waals surface area contributed by atoms with Gasteiger partial charge in [-0.25, -0.2) is 0 Å². The SMILES string of the molecule is Cc1ccc(SCC(=O)NNC(=O)CCc2nc(-c3ccccc3)no2)cc1. The third-order valence-electron chi connectivity index (χ3n) is 3.80. The third kappa shape index (κ3) is 5.95. The first kappa shape index (κ1) is 19.6. The Balaban J connectivity index is 1.37. The van der Waals surface area contributed by atoms with Crippen LogP contribution in [0.25, 0.3) is 11.4 Å². The van der Waals surface area contributed by atoms with Gasteiger partial charge >= 0.3 is 0 Å². The molecule has 2 N–H and O–H groups in total. The van der Waals surface area contributed by atoms with Gasteiger partial charge in [-0.3, -0.25) is 20.4 Å². The van der Waals surface area contributed by atoms with E-state index in [0.717, 1.165) is 10.5 Å². The average Bonchev–Trinajstić information content (AvgIpc) is 3.20. The molecule has 2 amide bonds. The number of hydrogen-bond acceptors (Lipinski definition) is 6. The highest BCUT2D eigenvalue weighted by atomic mass is 32.2. The first-order valence-electron chi connectivity index (χ1n) is 8.75. The molecule has 0 radical (unpaired) electrons. The molecule has 0 spiro atoms. The summed E-state index contributed by atoms with van der Waals surface area (Å²) in [5.74, 6) is 0.469. The fraction of sp³-hybridized carbons (Fsp3) is 0.200. The molecule has 1 aromatic heterocycles. The lowest BCUT2D eigenvalue weighted by Crippen LogP contribution is -2.42. The van der Waals surface area contributed by atoms with Crippen LogP contribution < -0.4 is 10.9 Å². The third-order valence-corrected chi connectivity index (χ3v) is 4.81. The van der Waals surface area contributed by atoms with Crippen LogP contribution in [-0.2, 0) is 16.0 Å². The number of amides is 2. The molecular formula is C20H20N4O3S. The topological polar surface area (TPSA) is 97.1 Å². The van der Waals surface area contributed by atoms with Gasteiger partial charge in [0.1, 0.15) is 0 Å². The van der Waals surface area contributed by atoms with Crippen LogP contribution in [0.1, 0.15) is 17.9 Å². The molecule has 0 bridgehead atoms. The van der Waals surface area contributed by atoms with Crippen molar-refractivity contribution in [3.05, 3.63) is 66.1 Å². The Hall–Kier alpha value is -3.13. The van der Waals surface area contributed by atoms with Gasteiger partial charge in [0.15, 0.2) is 0 Å². The monoisotopic (exact) mass is 396 g/mol. The lowest BCUT2D eigenvalue weighted by Gasteiger charge is -2.06. The molecule has 28 heavy (non-hydrogen) atoms. The van der Waals surface area contributed by atoms with Gasteiger partial charge in [0.2, 0.25) is 23.5 Å². The van der Waals surface area contributed by atoms with E-state index in [1.807, 2.05) is 61.5 Å². The molecule has 0 aliphatic carbocycles. The molecule has 0 saturated heterocycles. The van der Waals surface area contributed by atoms with E-state index in [4.69, 9.17) is 4.52 Å². The lowest BCUT2D eigenvalue weighted by molar-refractivity contribution is -0.127. The van der Waals surface area contributed by atoms with Crippen molar-refractivity contribution in [3.63, 3.8) is 0 Å². The summed E-state index contributed by atoms with van der Waals surface area (Å²) in [4.78, 5) is 29.0. The molecule has 8 heteroatoms. The molecule has 0 aliphatic heterocycles. The van der Waals surface area contributed by atoms with E-state index < -0.39 is 0 Å². The van der Waals surface area contributed by atoms with Crippen LogP contribution in [0.15, 0.2) is 64.0 Å². The molecule has 0 unspecified atom stereocenters. The first-order valence-corrected chi connectivity index (χ1v) is 9.74. The molecular weight excluding hydrogens is 376 g/mol. The molecule has 0 fully saturated rings. The van der Waals surface area contributed by atoms with Gasteiger partial charge in [0.25, 0.3) is 0 Å². The van der Waals surface area contributed by atoms with E-state index in [9.17, 15) is 9.59 Å². The molecule has 0 aliphatic rings. The number of nitrogens with zero attached hydrogens (tertiary/aromatic N) is 2. The van der Waals surface area contributed by atoms with Crippen LogP contribution in [0.3, 0.4) is 0 Å². The Morgan fingerprint density at radius 2 is 1.71 bits per heavy atom. The van der Waals surface area contributed by atoms with Crippen LogP contribution in [0.4, 0.5) is 0 Å². The maximum absolute atomic E-state index is 11.9. The van der Waals surface area contributed by atoms with Crippen molar-refractivity contribution in [2.75, 3.05) is 5.75 Å². The van der Waals surface area contributed by atoms with Crippen molar-refractivity contribution in [3.8, 4) is 11.4 Å². The zero-order valence-electron chi connectivity index (χ0n) is 15.3. The molecule has 7 nitrogen and oxygen atoms in total. The molecule has 3 aromatic rings. The van der Waals surface area contributed by atoms with Crippen LogP contribution in [-0.4, -0.2) is 27.7 Å². The first-order chi connectivity index (χ1) is 13.6. The smallest absolute Gasteiger partial charge is 0.248 e. The average molecular weight is 396 g/mol. The molecule has 144 valence electrons. The number of carbonyl (C=O) groups excluding carboxylic acids is 2. The summed E-state index contributed by atoms with van der Waals surface area (Å²) < 4.78 is 5.16. The normalized spacial score (nSPS) is 10.5. The van der Waals surface area contributed by atoms with E-state index in [-0.39, 0.29) is 24.0 Å². The maximum atomic E-state index is 11.9. The second kappa shape index (κ2) is 9.70. The van der Waals surface area contributed by atoms with Gasteiger partial charge in [-0.2, -0.15) is 4.98 Å². The van der Waals surface area contributed by atoms with E-state index in [1.54, 1.807) is 0 Å². The summed E-state index contributed by atoms with van der Waals surface area (Å²) in [6.45, 7) is 2.01. The highest BCUT2D eigenvalue weighted by Crippen LogP contribution is 2.17. The number of aryl methyl sites for hydroxylation is 2. The number of hydrogen-bond donors (Lipinski definition) is 2. The second-order valence-electron chi connectivity index (χ2n) is 6.08. The molecule has 3 rings (SSSR count). The summed E-state index contributed by atoms with van der Waals surface area (Å²) in [6.07, 6.45) is 0.418. The van der Waals surface area contributed by atoms with Gasteiger partial charge in [0.05, 0.1) is 5.75 Å². The summed E-state index contributed by atoms with van der Waals surface area (Å²) in [5, 5.41) is 3.91. The number of benzene rings is 2. The summed E-state index contributed by atoms with van der Waals surface area (Å²) in [7, 11) is 0. The quantitative estimate of drug-likeness (QED) is 0.471. The van der Waals surface area contributed by atoms with Crippen LogP contribution >= 0.6 is 11.8 Å². The maximum Gasteiger partial charge on any atom is 0.248 e. The van der Waals surface area contributed by atoms with E-state index >= 15 is 0 Å². The van der Waals surface area contributed by atoms with Crippen molar-refractivity contribution in [2.45, 2.75) is 24.7 Å². The second-order valence-corrected chi connectivity index (χ2v) is 7.12. The predicted molar refractivity (Wildman–Crippen MR) is 106 cm³/mol. The van der Waals surface area contributed by atoms with Gasteiger partial charge in [-0.05, 0) is 19.1 Å². The highest BCUT2D eigenvalue weighted by Gasteiger charge is 2.11. The Labute approximate surface area is 166 Å². The predicted octanol–water partition coefficient (Wildman–Crippen LogP) is 2.92. The zero-order chi connectivity index (χ0) is 19.8. The van der Waals surface area contributed by atoms with E-state index in [1.165, 1.54) is 17.3 Å². The van der Waals surface area contributed by atoms with Gasteiger partial charge in [-0.1, -0.05) is 53.2 Å². The van der Waals surface area contributed by atoms with Crippen LogP contribution in [0.2, 0.25) is 0 Å². The van der Waals surface area contributed by atoms with E-state index in [0.29, 0.717) is 18.1 Å². The lowest BCUT2D eigenvalue weighted by atomic mass is 10.2. The summed E-state index contributed by atoms with van der Waals surface area (Å²) >= 11 is 1.40. The van der Waals surface area contributed by atoms with Crippen molar-refractivity contribution >= 4 is 23.6 Å². The zero-order valence-corrected chi connectivity index (χ0v) is 16.2. The van der Waals surface area contributed by atoms with Crippen LogP contribution in [0, 0.1) is 6.92 Å². The number of aromatic nitrogens is 2. The fourth-order valence-corrected chi connectivity index (χ4v) is 3.00. The molecule has 0 saturated carbocycles. The van der Waals surface area contributed by atoms with Crippen molar-refractivity contribution in [1.29, 1.82) is 0 Å². The minimum atomic E-state index is -0.326. The minimum absolute atomic E-state index is 0.127. The number of rotatable bonds is 7.